The van der Waals surface area contributed by atoms with Crippen LogP contribution in [-0.4, -0.2) is 28.1 Å². The van der Waals surface area contributed by atoms with Gasteiger partial charge in [-0.2, -0.15) is 5.06 Å². The van der Waals surface area contributed by atoms with Gasteiger partial charge in [-0.1, -0.05) is 76.8 Å². The van der Waals surface area contributed by atoms with Crippen molar-refractivity contribution in [2.45, 2.75) is 129 Å². The van der Waals surface area contributed by atoms with Crippen LogP contribution in [0, 0.1) is 0 Å². The lowest BCUT2D eigenvalue weighted by atomic mass is 9.74. The van der Waals surface area contributed by atoms with Crippen molar-refractivity contribution >= 4 is 5.91 Å². The lowest BCUT2D eigenvalue weighted by Crippen LogP contribution is -2.66. The summed E-state index contributed by atoms with van der Waals surface area (Å²) in [5.74, 6) is 0.213. The number of hydroxylamine groups is 2. The van der Waals surface area contributed by atoms with Crippen LogP contribution in [0.3, 0.4) is 0 Å². The van der Waals surface area contributed by atoms with Gasteiger partial charge < -0.3 is 5.32 Å². The van der Waals surface area contributed by atoms with Crippen molar-refractivity contribution in [2.24, 2.45) is 0 Å². The molecule has 1 saturated heterocycles. The van der Waals surface area contributed by atoms with E-state index >= 15 is 0 Å². The summed E-state index contributed by atoms with van der Waals surface area (Å²) in [7, 11) is 0. The first-order valence-corrected chi connectivity index (χ1v) is 12.6. The number of hydrogen-bond donors (Lipinski definition) is 1. The molecule has 1 aromatic rings. The maximum atomic E-state index is 12.6. The number of nitrogens with zero attached hydrogens (tertiary/aromatic N) is 1. The highest BCUT2D eigenvalue weighted by Crippen LogP contribution is 2.44. The molecule has 0 radical (unpaired) electrons. The number of benzene rings is 1. The van der Waals surface area contributed by atoms with Crippen molar-refractivity contribution in [1.29, 1.82) is 0 Å². The Balaban J connectivity index is 2.05. The molecule has 0 bridgehead atoms. The SMILES string of the molecule is CCCCCCCC(=O)NC1CC(C)(C)N(OC(C)c2ccccc2)C(CC)(CC)C1. The molecule has 4 heteroatoms. The summed E-state index contributed by atoms with van der Waals surface area (Å²) in [5.41, 5.74) is 0.953. The summed E-state index contributed by atoms with van der Waals surface area (Å²) in [5, 5.41) is 5.66. The monoisotopic (exact) mass is 430 g/mol. The molecule has 1 aliphatic heterocycles. The third-order valence-corrected chi connectivity index (χ3v) is 7.07. The lowest BCUT2D eigenvalue weighted by Gasteiger charge is -2.57. The zero-order chi connectivity index (χ0) is 22.9. The predicted octanol–water partition coefficient (Wildman–Crippen LogP) is 6.96. The fourth-order valence-electron chi connectivity index (χ4n) is 5.26. The largest absolute Gasteiger partial charge is 0.353 e. The number of carbonyl (C=O) groups excluding carboxylic acids is 1. The molecule has 2 atom stereocenters. The van der Waals surface area contributed by atoms with E-state index in [1.54, 1.807) is 0 Å². The van der Waals surface area contributed by atoms with Crippen LogP contribution in [0.5, 0.6) is 0 Å². The van der Waals surface area contributed by atoms with Crippen LogP contribution >= 0.6 is 0 Å². The molecular weight excluding hydrogens is 384 g/mol. The molecule has 2 unspecified atom stereocenters. The second kappa shape index (κ2) is 12.0. The van der Waals surface area contributed by atoms with Crippen LogP contribution in [0.1, 0.15) is 117 Å². The van der Waals surface area contributed by atoms with Crippen LogP contribution in [-0.2, 0) is 9.63 Å². The van der Waals surface area contributed by atoms with Gasteiger partial charge in [-0.15, -0.1) is 0 Å². The molecule has 1 aromatic carbocycles. The van der Waals surface area contributed by atoms with E-state index in [9.17, 15) is 4.79 Å². The van der Waals surface area contributed by atoms with Gasteiger partial charge in [-0.05, 0) is 58.4 Å². The second-order valence-corrected chi connectivity index (χ2v) is 10.0. The number of carbonyl (C=O) groups is 1. The molecule has 0 aromatic heterocycles. The second-order valence-electron chi connectivity index (χ2n) is 10.0. The molecule has 1 fully saturated rings. The molecule has 1 heterocycles. The van der Waals surface area contributed by atoms with Gasteiger partial charge in [-0.25, -0.2) is 0 Å². The highest BCUT2D eigenvalue weighted by molar-refractivity contribution is 5.76. The fraction of sp³-hybridized carbons (Fsp3) is 0.741. The maximum Gasteiger partial charge on any atom is 0.220 e. The van der Waals surface area contributed by atoms with Gasteiger partial charge in [0, 0.05) is 23.5 Å². The van der Waals surface area contributed by atoms with E-state index in [1.807, 2.05) is 6.07 Å². The Labute approximate surface area is 191 Å². The number of nitrogens with one attached hydrogen (secondary N) is 1. The van der Waals surface area contributed by atoms with E-state index in [0.717, 1.165) is 38.5 Å². The number of amides is 1. The summed E-state index contributed by atoms with van der Waals surface area (Å²) < 4.78 is 0. The molecule has 1 amide bonds. The molecule has 1 aliphatic rings. The van der Waals surface area contributed by atoms with Gasteiger partial charge in [-0.3, -0.25) is 9.63 Å². The Hall–Kier alpha value is -1.39. The quantitative estimate of drug-likeness (QED) is 0.364. The van der Waals surface area contributed by atoms with Crippen molar-refractivity contribution in [3.8, 4) is 0 Å². The molecule has 0 aliphatic carbocycles. The normalized spacial score (nSPS) is 21.5. The topological polar surface area (TPSA) is 41.6 Å². The van der Waals surface area contributed by atoms with Crippen LogP contribution in [0.15, 0.2) is 30.3 Å². The Kier molecular flexibility index (Phi) is 10.0. The fourth-order valence-corrected chi connectivity index (χ4v) is 5.26. The zero-order valence-electron chi connectivity index (χ0n) is 20.9. The summed E-state index contributed by atoms with van der Waals surface area (Å²) in [6, 6.07) is 10.6. The third kappa shape index (κ3) is 7.05. The minimum absolute atomic E-state index is 0.00721. The van der Waals surface area contributed by atoms with E-state index in [4.69, 9.17) is 4.84 Å². The highest BCUT2D eigenvalue weighted by Gasteiger charge is 2.50. The van der Waals surface area contributed by atoms with E-state index < -0.39 is 0 Å². The average Bonchev–Trinajstić information content (AvgIpc) is 2.75. The first-order valence-electron chi connectivity index (χ1n) is 12.6. The molecule has 2 rings (SSSR count). The van der Waals surface area contributed by atoms with E-state index in [0.29, 0.717) is 6.42 Å². The average molecular weight is 431 g/mol. The first-order chi connectivity index (χ1) is 14.8. The van der Waals surface area contributed by atoms with Crippen molar-refractivity contribution in [3.05, 3.63) is 35.9 Å². The summed E-state index contributed by atoms with van der Waals surface area (Å²) in [6.45, 7) is 13.4. The van der Waals surface area contributed by atoms with Crippen molar-refractivity contribution in [3.63, 3.8) is 0 Å². The number of hydrogen-bond acceptors (Lipinski definition) is 3. The third-order valence-electron chi connectivity index (χ3n) is 7.07. The van der Waals surface area contributed by atoms with Crippen LogP contribution in [0.4, 0.5) is 0 Å². The molecular formula is C27H46N2O2. The van der Waals surface area contributed by atoms with Gasteiger partial charge in [0.05, 0.1) is 0 Å². The van der Waals surface area contributed by atoms with E-state index in [1.165, 1.54) is 24.8 Å². The molecule has 0 saturated carbocycles. The Morgan fingerprint density at radius 1 is 1.06 bits per heavy atom. The molecule has 31 heavy (non-hydrogen) atoms. The summed E-state index contributed by atoms with van der Waals surface area (Å²) >= 11 is 0. The van der Waals surface area contributed by atoms with Crippen molar-refractivity contribution in [1.82, 2.24) is 10.4 Å². The minimum atomic E-state index is -0.160. The Bertz CT molecular complexity index is 654. The van der Waals surface area contributed by atoms with Crippen LogP contribution < -0.4 is 5.32 Å². The molecule has 176 valence electrons. The standard InChI is InChI=1S/C27H46N2O2/c1-7-10-11-12-16-19-25(30)28-24-20-26(5,6)29(27(8-2,9-3)21-24)31-22(4)23-17-14-13-15-18-23/h13-15,17-18,22,24H,7-12,16,19-21H2,1-6H3,(H,28,30). The highest BCUT2D eigenvalue weighted by atomic mass is 16.7. The summed E-state index contributed by atoms with van der Waals surface area (Å²) in [6.07, 6.45) is 10.4. The van der Waals surface area contributed by atoms with Gasteiger partial charge >= 0.3 is 0 Å². The number of unbranched alkanes of at least 4 members (excludes halogenated alkanes) is 4. The Morgan fingerprint density at radius 2 is 1.71 bits per heavy atom. The van der Waals surface area contributed by atoms with Gasteiger partial charge in [0.25, 0.3) is 0 Å². The van der Waals surface area contributed by atoms with Gasteiger partial charge in [0.15, 0.2) is 0 Å². The number of rotatable bonds is 12. The first kappa shape index (κ1) is 25.9. The molecule has 1 N–H and O–H groups in total. The maximum absolute atomic E-state index is 12.6. The van der Waals surface area contributed by atoms with Crippen molar-refractivity contribution in [2.75, 3.05) is 0 Å². The van der Waals surface area contributed by atoms with Gasteiger partial charge in [0.1, 0.15) is 6.10 Å². The number of piperidine rings is 1. The van der Waals surface area contributed by atoms with Crippen molar-refractivity contribution < 1.29 is 9.63 Å². The predicted molar refractivity (Wildman–Crippen MR) is 130 cm³/mol. The lowest BCUT2D eigenvalue weighted by molar-refractivity contribution is -0.316. The Morgan fingerprint density at radius 3 is 2.32 bits per heavy atom. The molecule has 0 spiro atoms. The van der Waals surface area contributed by atoms with Crippen LogP contribution in [0.2, 0.25) is 0 Å². The molecule has 4 nitrogen and oxygen atoms in total. The van der Waals surface area contributed by atoms with Crippen LogP contribution in [0.25, 0.3) is 0 Å². The summed E-state index contributed by atoms with van der Waals surface area (Å²) in [4.78, 5) is 19.3. The van der Waals surface area contributed by atoms with E-state index in [2.05, 4.69) is 76.2 Å². The zero-order valence-corrected chi connectivity index (χ0v) is 20.9. The minimum Gasteiger partial charge on any atom is -0.353 e. The van der Waals surface area contributed by atoms with E-state index in [-0.39, 0.29) is 29.1 Å². The van der Waals surface area contributed by atoms with Gasteiger partial charge in [0.2, 0.25) is 5.91 Å². The smallest absolute Gasteiger partial charge is 0.220 e.